The molecule has 7 heteroatoms. The van der Waals surface area contributed by atoms with Crippen LogP contribution in [0.2, 0.25) is 0 Å². The molecule has 0 unspecified atom stereocenters. The van der Waals surface area contributed by atoms with Gasteiger partial charge in [-0.2, -0.15) is 5.26 Å². The van der Waals surface area contributed by atoms with Crippen LogP contribution in [-0.4, -0.2) is 43.2 Å². The molecule has 0 saturated carbocycles. The van der Waals surface area contributed by atoms with Gasteiger partial charge in [-0.3, -0.25) is 9.20 Å². The molecule has 1 atom stereocenters. The summed E-state index contributed by atoms with van der Waals surface area (Å²) < 4.78 is 2.10. The lowest BCUT2D eigenvalue weighted by Crippen LogP contribution is -2.41. The number of H-pyrrole nitrogens is 1. The van der Waals surface area contributed by atoms with Gasteiger partial charge in [-0.15, -0.1) is 0 Å². The summed E-state index contributed by atoms with van der Waals surface area (Å²) in [6.07, 6.45) is 6.55. The number of hydrogen-bond donors (Lipinski definition) is 1. The Morgan fingerprint density at radius 1 is 1.23 bits per heavy atom. The molecule has 1 saturated heterocycles. The molecular weight excluding hydrogens is 376 g/mol. The molecule has 1 fully saturated rings. The van der Waals surface area contributed by atoms with Gasteiger partial charge in [-0.05, 0) is 30.2 Å². The molecule has 0 spiro atoms. The van der Waals surface area contributed by atoms with Crippen molar-refractivity contribution in [3.63, 3.8) is 0 Å². The SMILES string of the molecule is C=C1CCN(C(=O)Cc2ccc(C#N)cc2)C[C@@H]1c1ncc2cnc3[nH]ccc3n12. The number of likely N-dealkylation sites (tertiary alicyclic amines) is 1. The molecule has 4 aromatic rings. The molecule has 0 aliphatic carbocycles. The number of nitrogens with zero attached hydrogens (tertiary/aromatic N) is 5. The maximum absolute atomic E-state index is 13.0. The predicted molar refractivity (Wildman–Crippen MR) is 113 cm³/mol. The third-order valence-electron chi connectivity index (χ3n) is 5.79. The van der Waals surface area contributed by atoms with Crippen LogP contribution in [0.3, 0.4) is 0 Å². The molecule has 0 bridgehead atoms. The lowest BCUT2D eigenvalue weighted by atomic mass is 9.91. The van der Waals surface area contributed by atoms with E-state index in [4.69, 9.17) is 5.26 Å². The Hall–Kier alpha value is -3.92. The molecule has 5 rings (SSSR count). The number of rotatable bonds is 3. The summed E-state index contributed by atoms with van der Waals surface area (Å²) in [5.74, 6) is 0.927. The number of benzene rings is 1. The number of aromatic nitrogens is 4. The number of piperidine rings is 1. The van der Waals surface area contributed by atoms with E-state index in [1.165, 1.54) is 0 Å². The maximum Gasteiger partial charge on any atom is 0.227 e. The number of amides is 1. The molecule has 1 aromatic carbocycles. The summed E-state index contributed by atoms with van der Waals surface area (Å²) in [7, 11) is 0. The van der Waals surface area contributed by atoms with Crippen LogP contribution in [0.15, 0.2) is 61.1 Å². The highest BCUT2D eigenvalue weighted by Gasteiger charge is 2.30. The maximum atomic E-state index is 13.0. The Kier molecular flexibility index (Phi) is 4.32. The van der Waals surface area contributed by atoms with Gasteiger partial charge >= 0.3 is 0 Å². The Balaban J connectivity index is 1.42. The molecule has 4 heterocycles. The standard InChI is InChI=1S/C23H20N6O/c1-15-7-9-28(21(30)10-16-2-4-17(11-24)5-3-16)14-19(15)23-27-13-18-12-26-22-20(29(18)23)6-8-25-22/h2-6,8,12-13,19,25H,1,7,9-10,14H2/t19-/m0/s1. The summed E-state index contributed by atoms with van der Waals surface area (Å²) in [5.41, 5.74) is 5.28. The van der Waals surface area contributed by atoms with Gasteiger partial charge in [-0.25, -0.2) is 9.97 Å². The van der Waals surface area contributed by atoms with E-state index in [2.05, 4.69) is 32.0 Å². The Bertz CT molecular complexity index is 1310. The number of imidazole rings is 1. The quantitative estimate of drug-likeness (QED) is 0.539. The van der Waals surface area contributed by atoms with E-state index in [0.29, 0.717) is 25.1 Å². The lowest BCUT2D eigenvalue weighted by molar-refractivity contribution is -0.131. The number of hydrogen-bond acceptors (Lipinski definition) is 4. The Morgan fingerprint density at radius 2 is 2.03 bits per heavy atom. The third-order valence-corrected chi connectivity index (χ3v) is 5.79. The zero-order chi connectivity index (χ0) is 20.7. The van der Waals surface area contributed by atoms with Crippen LogP contribution >= 0.6 is 0 Å². The van der Waals surface area contributed by atoms with E-state index in [0.717, 1.165) is 40.1 Å². The van der Waals surface area contributed by atoms with Crippen molar-refractivity contribution in [2.45, 2.75) is 18.8 Å². The highest BCUT2D eigenvalue weighted by atomic mass is 16.2. The van der Waals surface area contributed by atoms with Crippen molar-refractivity contribution in [3.8, 4) is 6.07 Å². The highest BCUT2D eigenvalue weighted by Crippen LogP contribution is 2.32. The van der Waals surface area contributed by atoms with Gasteiger partial charge in [-0.1, -0.05) is 24.3 Å². The van der Waals surface area contributed by atoms with Crippen molar-refractivity contribution in [3.05, 3.63) is 78.0 Å². The Labute approximate surface area is 173 Å². The van der Waals surface area contributed by atoms with E-state index in [9.17, 15) is 4.79 Å². The van der Waals surface area contributed by atoms with Crippen LogP contribution in [-0.2, 0) is 11.2 Å². The first-order chi connectivity index (χ1) is 14.6. The number of carbonyl (C=O) groups is 1. The van der Waals surface area contributed by atoms with E-state index < -0.39 is 0 Å². The first-order valence-corrected chi connectivity index (χ1v) is 9.88. The van der Waals surface area contributed by atoms with Gasteiger partial charge in [0.2, 0.25) is 5.91 Å². The van der Waals surface area contributed by atoms with Gasteiger partial charge < -0.3 is 9.88 Å². The fourth-order valence-electron chi connectivity index (χ4n) is 4.11. The lowest BCUT2D eigenvalue weighted by Gasteiger charge is -2.34. The van der Waals surface area contributed by atoms with Gasteiger partial charge in [0, 0.05) is 19.3 Å². The number of nitrogens with one attached hydrogen (secondary N) is 1. The second-order valence-corrected chi connectivity index (χ2v) is 7.63. The van der Waals surface area contributed by atoms with Crippen LogP contribution in [0.4, 0.5) is 0 Å². The van der Waals surface area contributed by atoms with E-state index in [-0.39, 0.29) is 11.8 Å². The van der Waals surface area contributed by atoms with Crippen LogP contribution in [0.5, 0.6) is 0 Å². The third kappa shape index (κ3) is 3.03. The van der Waals surface area contributed by atoms with Crippen LogP contribution < -0.4 is 0 Å². The zero-order valence-electron chi connectivity index (χ0n) is 16.4. The molecule has 0 radical (unpaired) electrons. The summed E-state index contributed by atoms with van der Waals surface area (Å²) in [5, 5.41) is 8.94. The minimum atomic E-state index is -0.0355. The molecule has 1 aliphatic rings. The highest BCUT2D eigenvalue weighted by molar-refractivity contribution is 5.79. The Morgan fingerprint density at radius 3 is 2.83 bits per heavy atom. The summed E-state index contributed by atoms with van der Waals surface area (Å²) >= 11 is 0. The molecule has 30 heavy (non-hydrogen) atoms. The molecule has 1 N–H and O–H groups in total. The summed E-state index contributed by atoms with van der Waals surface area (Å²) in [6, 6.07) is 11.3. The minimum absolute atomic E-state index is 0.0355. The van der Waals surface area contributed by atoms with E-state index in [1.54, 1.807) is 18.3 Å². The van der Waals surface area contributed by atoms with E-state index in [1.807, 2.05) is 35.5 Å². The molecule has 7 nitrogen and oxygen atoms in total. The van der Waals surface area contributed by atoms with Gasteiger partial charge in [0.1, 0.15) is 5.82 Å². The van der Waals surface area contributed by atoms with Gasteiger partial charge in [0.15, 0.2) is 5.65 Å². The van der Waals surface area contributed by atoms with E-state index >= 15 is 0 Å². The molecule has 3 aromatic heterocycles. The first kappa shape index (κ1) is 18.1. The van der Waals surface area contributed by atoms with Crippen molar-refractivity contribution in [2.75, 3.05) is 13.1 Å². The number of fused-ring (bicyclic) bond motifs is 3. The van der Waals surface area contributed by atoms with Crippen LogP contribution in [0, 0.1) is 11.3 Å². The second kappa shape index (κ2) is 7.16. The van der Waals surface area contributed by atoms with Crippen molar-refractivity contribution >= 4 is 22.6 Å². The molecule has 148 valence electrons. The number of aromatic amines is 1. The summed E-state index contributed by atoms with van der Waals surface area (Å²) in [6.45, 7) is 5.50. The van der Waals surface area contributed by atoms with Crippen molar-refractivity contribution in [1.82, 2.24) is 24.3 Å². The summed E-state index contributed by atoms with van der Waals surface area (Å²) in [4.78, 5) is 27.1. The largest absolute Gasteiger partial charge is 0.345 e. The average Bonchev–Trinajstić information content (AvgIpc) is 3.41. The number of carbonyl (C=O) groups excluding carboxylic acids is 1. The van der Waals surface area contributed by atoms with Crippen molar-refractivity contribution < 1.29 is 4.79 Å². The molecule has 1 aliphatic heterocycles. The van der Waals surface area contributed by atoms with Crippen LogP contribution in [0.25, 0.3) is 16.7 Å². The smallest absolute Gasteiger partial charge is 0.227 e. The minimum Gasteiger partial charge on any atom is -0.345 e. The molecule has 1 amide bonds. The van der Waals surface area contributed by atoms with Gasteiger partial charge in [0.05, 0.1) is 47.4 Å². The average molecular weight is 396 g/mol. The van der Waals surface area contributed by atoms with Gasteiger partial charge in [0.25, 0.3) is 0 Å². The monoisotopic (exact) mass is 396 g/mol. The number of nitriles is 1. The fourth-order valence-corrected chi connectivity index (χ4v) is 4.11. The van der Waals surface area contributed by atoms with Crippen molar-refractivity contribution in [1.29, 1.82) is 5.26 Å². The topological polar surface area (TPSA) is 90.1 Å². The predicted octanol–water partition coefficient (Wildman–Crippen LogP) is 3.20. The van der Waals surface area contributed by atoms with Crippen molar-refractivity contribution in [2.24, 2.45) is 0 Å². The first-order valence-electron chi connectivity index (χ1n) is 9.88. The fraction of sp³-hybridized carbons (Fsp3) is 0.217. The van der Waals surface area contributed by atoms with Crippen LogP contribution in [0.1, 0.15) is 29.3 Å². The zero-order valence-corrected chi connectivity index (χ0v) is 16.4. The molecular formula is C23H20N6O. The normalized spacial score (nSPS) is 16.8. The second-order valence-electron chi connectivity index (χ2n) is 7.63.